The minimum absolute atomic E-state index is 0.395. The minimum Gasteiger partial charge on any atom is -0.494 e. The van der Waals surface area contributed by atoms with Gasteiger partial charge in [0, 0.05) is 5.56 Å². The van der Waals surface area contributed by atoms with Crippen molar-refractivity contribution in [2.24, 2.45) is 0 Å². The van der Waals surface area contributed by atoms with Crippen LogP contribution in [0.5, 0.6) is 5.75 Å². The molecule has 2 aromatic rings. The lowest BCUT2D eigenvalue weighted by Crippen LogP contribution is -1.95. The Balaban J connectivity index is 2.23. The normalized spacial score (nSPS) is 10.2. The van der Waals surface area contributed by atoms with E-state index in [1.165, 1.54) is 0 Å². The molecule has 0 radical (unpaired) electrons. The molecule has 17 heavy (non-hydrogen) atoms. The third-order valence-electron chi connectivity index (χ3n) is 2.23. The molecule has 0 saturated carbocycles. The van der Waals surface area contributed by atoms with Crippen LogP contribution in [0.15, 0.2) is 36.4 Å². The maximum Gasteiger partial charge on any atom is 0.151 e. The number of ether oxygens (including phenoxy) is 1. The van der Waals surface area contributed by atoms with E-state index in [9.17, 15) is 0 Å². The van der Waals surface area contributed by atoms with Crippen LogP contribution in [0.25, 0.3) is 11.3 Å². The van der Waals surface area contributed by atoms with Gasteiger partial charge in [0.05, 0.1) is 12.3 Å². The number of benzene rings is 1. The molecule has 0 atom stereocenters. The van der Waals surface area contributed by atoms with Crippen LogP contribution in [-0.2, 0) is 0 Å². The van der Waals surface area contributed by atoms with Gasteiger partial charge in [-0.05, 0) is 30.7 Å². The van der Waals surface area contributed by atoms with E-state index in [0.29, 0.717) is 5.15 Å². The van der Waals surface area contributed by atoms with Gasteiger partial charge >= 0.3 is 0 Å². The molecule has 2 rings (SSSR count). The highest BCUT2D eigenvalue weighted by molar-refractivity contribution is 6.29. The Hall–Kier alpha value is -1.61. The zero-order valence-electron chi connectivity index (χ0n) is 9.56. The average molecular weight is 249 g/mol. The maximum absolute atomic E-state index is 5.70. The molecule has 0 aliphatic heterocycles. The Labute approximate surface area is 105 Å². The van der Waals surface area contributed by atoms with Gasteiger partial charge in [0.2, 0.25) is 0 Å². The van der Waals surface area contributed by atoms with E-state index in [1.807, 2.05) is 30.3 Å². The van der Waals surface area contributed by atoms with Crippen molar-refractivity contribution in [3.63, 3.8) is 0 Å². The summed E-state index contributed by atoms with van der Waals surface area (Å²) in [6, 6.07) is 11.4. The van der Waals surface area contributed by atoms with Crippen LogP contribution in [0.2, 0.25) is 5.15 Å². The quantitative estimate of drug-likeness (QED) is 0.830. The summed E-state index contributed by atoms with van der Waals surface area (Å²) in [7, 11) is 0. The fourth-order valence-corrected chi connectivity index (χ4v) is 1.54. The second kappa shape index (κ2) is 5.64. The second-order valence-corrected chi connectivity index (χ2v) is 4.00. The first-order chi connectivity index (χ1) is 8.29. The van der Waals surface area contributed by atoms with Gasteiger partial charge in [-0.2, -0.15) is 0 Å². The summed E-state index contributed by atoms with van der Waals surface area (Å²) in [5.74, 6) is 0.848. The first-order valence-corrected chi connectivity index (χ1v) is 5.90. The molecule has 0 bridgehead atoms. The monoisotopic (exact) mass is 248 g/mol. The summed E-state index contributed by atoms with van der Waals surface area (Å²) in [5, 5.41) is 8.25. The van der Waals surface area contributed by atoms with Gasteiger partial charge in [-0.3, -0.25) is 0 Å². The number of aromatic nitrogens is 2. The molecule has 0 aliphatic rings. The first kappa shape index (κ1) is 11.9. The topological polar surface area (TPSA) is 35.0 Å². The van der Waals surface area contributed by atoms with E-state index in [-0.39, 0.29) is 0 Å². The van der Waals surface area contributed by atoms with Crippen LogP contribution in [-0.4, -0.2) is 16.8 Å². The SMILES string of the molecule is CCCOc1cccc(-c2ccc(Cl)nn2)c1. The van der Waals surface area contributed by atoms with Crippen LogP contribution in [0, 0.1) is 0 Å². The Morgan fingerprint density at radius 3 is 2.76 bits per heavy atom. The summed E-state index contributed by atoms with van der Waals surface area (Å²) < 4.78 is 5.57. The Morgan fingerprint density at radius 2 is 2.06 bits per heavy atom. The fourth-order valence-electron chi connectivity index (χ4n) is 1.44. The van der Waals surface area contributed by atoms with Crippen molar-refractivity contribution < 1.29 is 4.74 Å². The van der Waals surface area contributed by atoms with E-state index >= 15 is 0 Å². The third kappa shape index (κ3) is 3.17. The van der Waals surface area contributed by atoms with Crippen LogP contribution in [0.3, 0.4) is 0 Å². The summed E-state index contributed by atoms with van der Waals surface area (Å²) in [5.41, 5.74) is 1.76. The molecule has 1 aromatic heterocycles. The molecule has 0 fully saturated rings. The highest BCUT2D eigenvalue weighted by atomic mass is 35.5. The Morgan fingerprint density at radius 1 is 1.18 bits per heavy atom. The van der Waals surface area contributed by atoms with Crippen molar-refractivity contribution in [1.82, 2.24) is 10.2 Å². The summed E-state index contributed by atoms with van der Waals surface area (Å²) >= 11 is 5.70. The lowest BCUT2D eigenvalue weighted by molar-refractivity contribution is 0.317. The average Bonchev–Trinajstić information content (AvgIpc) is 2.37. The van der Waals surface area contributed by atoms with Crippen molar-refractivity contribution >= 4 is 11.6 Å². The van der Waals surface area contributed by atoms with Crippen LogP contribution < -0.4 is 4.74 Å². The molecule has 0 amide bonds. The molecule has 0 N–H and O–H groups in total. The van der Waals surface area contributed by atoms with E-state index in [2.05, 4.69) is 17.1 Å². The van der Waals surface area contributed by atoms with Gasteiger partial charge in [-0.15, -0.1) is 10.2 Å². The van der Waals surface area contributed by atoms with Crippen molar-refractivity contribution in [3.05, 3.63) is 41.6 Å². The fraction of sp³-hybridized carbons (Fsp3) is 0.231. The van der Waals surface area contributed by atoms with E-state index < -0.39 is 0 Å². The van der Waals surface area contributed by atoms with Gasteiger partial charge in [0.25, 0.3) is 0 Å². The minimum atomic E-state index is 0.395. The van der Waals surface area contributed by atoms with Crippen molar-refractivity contribution in [3.8, 4) is 17.0 Å². The smallest absolute Gasteiger partial charge is 0.151 e. The molecule has 1 aromatic carbocycles. The zero-order chi connectivity index (χ0) is 12.1. The summed E-state index contributed by atoms with van der Waals surface area (Å²) in [6.45, 7) is 2.80. The van der Waals surface area contributed by atoms with Crippen molar-refractivity contribution in [1.29, 1.82) is 0 Å². The predicted molar refractivity (Wildman–Crippen MR) is 68.3 cm³/mol. The number of nitrogens with zero attached hydrogens (tertiary/aromatic N) is 2. The molecule has 0 aliphatic carbocycles. The first-order valence-electron chi connectivity index (χ1n) is 5.52. The van der Waals surface area contributed by atoms with Gasteiger partial charge in [0.15, 0.2) is 5.15 Å². The molecular weight excluding hydrogens is 236 g/mol. The lowest BCUT2D eigenvalue weighted by atomic mass is 10.1. The van der Waals surface area contributed by atoms with Crippen LogP contribution in [0.4, 0.5) is 0 Å². The van der Waals surface area contributed by atoms with E-state index in [1.54, 1.807) is 6.07 Å². The largest absolute Gasteiger partial charge is 0.494 e. The Kier molecular flexibility index (Phi) is 3.94. The molecule has 3 nitrogen and oxygen atoms in total. The number of hydrogen-bond donors (Lipinski definition) is 0. The molecule has 0 saturated heterocycles. The summed E-state index contributed by atoms with van der Waals surface area (Å²) in [4.78, 5) is 0. The number of halogens is 1. The van der Waals surface area contributed by atoms with Crippen LogP contribution in [0.1, 0.15) is 13.3 Å². The van der Waals surface area contributed by atoms with Gasteiger partial charge in [0.1, 0.15) is 5.75 Å². The van der Waals surface area contributed by atoms with Crippen LogP contribution >= 0.6 is 11.6 Å². The maximum atomic E-state index is 5.70. The summed E-state index contributed by atoms with van der Waals surface area (Å²) in [6.07, 6.45) is 0.991. The predicted octanol–water partition coefficient (Wildman–Crippen LogP) is 3.59. The molecule has 4 heteroatoms. The molecule has 88 valence electrons. The van der Waals surface area contributed by atoms with Gasteiger partial charge < -0.3 is 4.74 Å². The van der Waals surface area contributed by atoms with Gasteiger partial charge in [-0.1, -0.05) is 30.7 Å². The second-order valence-electron chi connectivity index (χ2n) is 3.62. The molecule has 0 unspecified atom stereocenters. The lowest BCUT2D eigenvalue weighted by Gasteiger charge is -2.06. The van der Waals surface area contributed by atoms with Gasteiger partial charge in [-0.25, -0.2) is 0 Å². The standard InChI is InChI=1S/C13H13ClN2O/c1-2-8-17-11-5-3-4-10(9-11)12-6-7-13(14)16-15-12/h3-7,9H,2,8H2,1H3. The highest BCUT2D eigenvalue weighted by Crippen LogP contribution is 2.22. The third-order valence-corrected chi connectivity index (χ3v) is 2.44. The number of rotatable bonds is 4. The molecule has 0 spiro atoms. The Bertz CT molecular complexity index is 485. The molecular formula is C13H13ClN2O. The highest BCUT2D eigenvalue weighted by Gasteiger charge is 2.02. The molecule has 1 heterocycles. The number of hydrogen-bond acceptors (Lipinski definition) is 3. The van der Waals surface area contributed by atoms with Crippen molar-refractivity contribution in [2.45, 2.75) is 13.3 Å². The van der Waals surface area contributed by atoms with E-state index in [4.69, 9.17) is 16.3 Å². The van der Waals surface area contributed by atoms with E-state index in [0.717, 1.165) is 30.0 Å². The zero-order valence-corrected chi connectivity index (χ0v) is 10.3. The van der Waals surface area contributed by atoms with Crippen molar-refractivity contribution in [2.75, 3.05) is 6.61 Å².